The highest BCUT2D eigenvalue weighted by atomic mass is 15.2. The predicted molar refractivity (Wildman–Crippen MR) is 283 cm³/mol. The molecule has 0 spiro atoms. The Labute approximate surface area is 385 Å². The first-order valence-corrected chi connectivity index (χ1v) is 22.9. The summed E-state index contributed by atoms with van der Waals surface area (Å²) in [6.07, 6.45) is 18.4. The minimum Gasteiger partial charge on any atom is -0.335 e. The molecule has 316 valence electrons. The van der Waals surface area contributed by atoms with Gasteiger partial charge in [0.15, 0.2) is 0 Å². The van der Waals surface area contributed by atoms with Gasteiger partial charge in [-0.25, -0.2) is 0 Å². The number of nitrogens with zero attached hydrogens (tertiary/aromatic N) is 3. The fourth-order valence-electron chi connectivity index (χ4n) is 11.1. The van der Waals surface area contributed by atoms with Gasteiger partial charge >= 0.3 is 0 Å². The molecule has 1 atom stereocenters. The predicted octanol–water partition coefficient (Wildman–Crippen LogP) is 16.4. The van der Waals surface area contributed by atoms with Crippen molar-refractivity contribution < 1.29 is 0 Å². The highest BCUT2D eigenvalue weighted by molar-refractivity contribution is 6.23. The van der Waals surface area contributed by atoms with E-state index in [1.165, 1.54) is 87.7 Å². The molecular weight excluding hydrogens is 799 g/mol. The Hall–Kier alpha value is -8.14. The van der Waals surface area contributed by atoms with Crippen molar-refractivity contribution in [2.75, 3.05) is 4.90 Å². The monoisotopic (exact) mass is 847 g/mol. The molecule has 3 heteroatoms. The molecule has 3 heterocycles. The zero-order chi connectivity index (χ0) is 44.7. The minimum atomic E-state index is -0.205. The van der Waals surface area contributed by atoms with E-state index < -0.39 is 0 Å². The van der Waals surface area contributed by atoms with Gasteiger partial charge in [0.2, 0.25) is 0 Å². The fourth-order valence-corrected chi connectivity index (χ4v) is 11.1. The Morgan fingerprint density at radius 2 is 1.27 bits per heavy atom. The van der Waals surface area contributed by atoms with Gasteiger partial charge < -0.3 is 13.9 Å². The molecule has 66 heavy (non-hydrogen) atoms. The molecule has 0 amide bonds. The summed E-state index contributed by atoms with van der Waals surface area (Å²) in [6.45, 7) is 18.2. The molecule has 3 nitrogen and oxygen atoms in total. The first-order chi connectivity index (χ1) is 32.3. The number of fused-ring (bicyclic) bond motifs is 10. The lowest BCUT2D eigenvalue weighted by molar-refractivity contribution is 0.658. The van der Waals surface area contributed by atoms with Crippen LogP contribution in [0.25, 0.3) is 82.8 Å². The van der Waals surface area contributed by atoms with Gasteiger partial charge in [0.05, 0.1) is 33.6 Å². The van der Waals surface area contributed by atoms with Gasteiger partial charge in [0.25, 0.3) is 0 Å². The van der Waals surface area contributed by atoms with Crippen LogP contribution in [0.1, 0.15) is 31.4 Å². The van der Waals surface area contributed by atoms with Crippen LogP contribution in [0, 0.1) is 0 Å². The van der Waals surface area contributed by atoms with Crippen molar-refractivity contribution in [2.45, 2.75) is 31.7 Å². The van der Waals surface area contributed by atoms with Gasteiger partial charge in [-0.3, -0.25) is 0 Å². The molecule has 7 aromatic carbocycles. The molecule has 0 saturated heterocycles. The third-order valence-electron chi connectivity index (χ3n) is 14.3. The van der Waals surface area contributed by atoms with Crippen LogP contribution in [-0.2, 0) is 5.41 Å². The second-order valence-corrected chi connectivity index (χ2v) is 18.3. The third kappa shape index (κ3) is 6.04. The van der Waals surface area contributed by atoms with E-state index in [1.54, 1.807) is 0 Å². The molecule has 0 fully saturated rings. The molecule has 0 aliphatic heterocycles. The zero-order valence-corrected chi connectivity index (χ0v) is 37.4. The van der Waals surface area contributed by atoms with E-state index in [9.17, 15) is 0 Å². The molecule has 10 aromatic rings. The van der Waals surface area contributed by atoms with E-state index in [4.69, 9.17) is 6.58 Å². The lowest BCUT2D eigenvalue weighted by Crippen LogP contribution is -2.33. The average molecular weight is 848 g/mol. The average Bonchev–Trinajstić information content (AvgIpc) is 4.04. The minimum absolute atomic E-state index is 0.0356. The van der Waals surface area contributed by atoms with Gasteiger partial charge in [-0.2, -0.15) is 0 Å². The van der Waals surface area contributed by atoms with E-state index in [2.05, 4.69) is 241 Å². The fraction of sp³-hybridized carbons (Fsp3) is 0.0794. The summed E-state index contributed by atoms with van der Waals surface area (Å²) in [6, 6.07) is 57.3. The quantitative estimate of drug-likeness (QED) is 0.132. The van der Waals surface area contributed by atoms with Crippen molar-refractivity contribution in [3.05, 3.63) is 254 Å². The van der Waals surface area contributed by atoms with E-state index in [1.807, 2.05) is 6.08 Å². The third-order valence-corrected chi connectivity index (χ3v) is 14.3. The topological polar surface area (TPSA) is 12.6 Å². The summed E-state index contributed by atoms with van der Waals surface area (Å²) in [7, 11) is 0. The van der Waals surface area contributed by atoms with Crippen molar-refractivity contribution >= 4 is 77.4 Å². The standard InChI is InChI=1S/C63H49N3/c1-6-43(17-16-38-64-58-25-12-8-19-50(58)51-20-9-13-26-59(51)64)44-28-33-47(34-29-44)65(41(2)39-57-42(3)49-18-7-11-24-56(49)63(57,4)5)48-35-30-45(31-36-48)46-32-37-61-55(40-46)54-23-15-22-53-52-21-10-14-27-60(52)66(61)62(53)54/h6-33,35-40,47H,1-3,34H2,4-5H3/b38-16+,43-17+,57-39+. The van der Waals surface area contributed by atoms with Crippen molar-refractivity contribution in [1.82, 2.24) is 8.97 Å². The summed E-state index contributed by atoms with van der Waals surface area (Å²) in [5.74, 6) is 0. The SMILES string of the molecule is C=C/C(=C\C=C\n1c2ccccc2c2ccccc21)C1=CCC(N(C(=C)/C=C2\C(=C)c3ccccc3C2(C)C)c2ccc(-c3ccc4c(c3)c3cccc5c6ccccc6n4c53)cc2)C=C1. The van der Waals surface area contributed by atoms with Crippen LogP contribution in [0.3, 0.4) is 0 Å². The van der Waals surface area contributed by atoms with Crippen LogP contribution < -0.4 is 4.90 Å². The van der Waals surface area contributed by atoms with Gasteiger partial charge in [0, 0.05) is 55.3 Å². The van der Waals surface area contributed by atoms with Crippen LogP contribution in [0.2, 0.25) is 0 Å². The number of para-hydroxylation sites is 4. The normalized spacial score (nSPS) is 16.8. The summed E-state index contributed by atoms with van der Waals surface area (Å²) < 4.78 is 4.71. The number of allylic oxidation sites excluding steroid dienone is 9. The number of hydrogen-bond donors (Lipinski definition) is 0. The molecule has 3 aromatic heterocycles. The summed E-state index contributed by atoms with van der Waals surface area (Å²) >= 11 is 0. The van der Waals surface area contributed by atoms with Crippen LogP contribution >= 0.6 is 0 Å². The Morgan fingerprint density at radius 1 is 0.667 bits per heavy atom. The number of anilines is 1. The molecule has 12 rings (SSSR count). The molecule has 0 N–H and O–H groups in total. The second kappa shape index (κ2) is 15.3. The van der Waals surface area contributed by atoms with E-state index in [0.29, 0.717) is 0 Å². The van der Waals surface area contributed by atoms with Gasteiger partial charge in [-0.05, 0) is 106 Å². The first-order valence-electron chi connectivity index (χ1n) is 22.9. The molecule has 2 aliphatic rings. The lowest BCUT2D eigenvalue weighted by Gasteiger charge is -2.34. The smallest absolute Gasteiger partial charge is 0.0620 e. The largest absolute Gasteiger partial charge is 0.335 e. The summed E-state index contributed by atoms with van der Waals surface area (Å²) in [4.78, 5) is 2.40. The van der Waals surface area contributed by atoms with Crippen molar-refractivity contribution in [3.63, 3.8) is 0 Å². The van der Waals surface area contributed by atoms with Crippen LogP contribution in [0.4, 0.5) is 5.69 Å². The van der Waals surface area contributed by atoms with Crippen LogP contribution in [0.15, 0.2) is 242 Å². The molecule has 0 saturated carbocycles. The Morgan fingerprint density at radius 3 is 1.95 bits per heavy atom. The van der Waals surface area contributed by atoms with Gasteiger partial charge in [0.1, 0.15) is 0 Å². The highest BCUT2D eigenvalue weighted by Crippen LogP contribution is 2.49. The summed E-state index contributed by atoms with van der Waals surface area (Å²) in [5, 5.41) is 7.67. The van der Waals surface area contributed by atoms with Crippen molar-refractivity contribution in [3.8, 4) is 11.1 Å². The van der Waals surface area contributed by atoms with Crippen molar-refractivity contribution in [1.29, 1.82) is 0 Å². The Balaban J connectivity index is 0.879. The van der Waals surface area contributed by atoms with Crippen molar-refractivity contribution in [2.24, 2.45) is 0 Å². The molecular formula is C63H49N3. The number of rotatable bonds is 9. The van der Waals surface area contributed by atoms with Crippen LogP contribution in [0.5, 0.6) is 0 Å². The summed E-state index contributed by atoms with van der Waals surface area (Å²) in [5.41, 5.74) is 17.4. The van der Waals surface area contributed by atoms with Crippen LogP contribution in [-0.4, -0.2) is 15.0 Å². The molecule has 2 aliphatic carbocycles. The highest BCUT2D eigenvalue weighted by Gasteiger charge is 2.37. The maximum atomic E-state index is 4.80. The van der Waals surface area contributed by atoms with E-state index >= 15 is 0 Å². The number of hydrogen-bond acceptors (Lipinski definition) is 1. The van der Waals surface area contributed by atoms with E-state index in [0.717, 1.165) is 34.5 Å². The zero-order valence-electron chi connectivity index (χ0n) is 37.4. The maximum Gasteiger partial charge on any atom is 0.0620 e. The maximum absolute atomic E-state index is 4.80. The van der Waals surface area contributed by atoms with Gasteiger partial charge in [-0.15, -0.1) is 0 Å². The van der Waals surface area contributed by atoms with E-state index in [-0.39, 0.29) is 11.5 Å². The Bertz CT molecular complexity index is 3760. The number of benzene rings is 7. The Kier molecular flexibility index (Phi) is 9.12. The molecule has 0 bridgehead atoms. The van der Waals surface area contributed by atoms with Gasteiger partial charge in [-0.1, -0.05) is 179 Å². The molecule has 1 unspecified atom stereocenters. The first kappa shape index (κ1) is 39.5. The number of aromatic nitrogens is 2. The second-order valence-electron chi connectivity index (χ2n) is 18.3. The lowest BCUT2D eigenvalue weighted by atomic mass is 9.82. The molecule has 0 radical (unpaired) electrons.